The number of carbonyl (C=O) groups is 2. The molecule has 2 rings (SSSR count). The number of para-hydroxylation sites is 1. The van der Waals surface area contributed by atoms with Gasteiger partial charge in [-0.15, -0.1) is 0 Å². The van der Waals surface area contributed by atoms with Gasteiger partial charge in [-0.2, -0.15) is 0 Å². The van der Waals surface area contributed by atoms with E-state index < -0.39 is 5.97 Å². The van der Waals surface area contributed by atoms with Crippen molar-refractivity contribution in [3.05, 3.63) is 29.8 Å². The van der Waals surface area contributed by atoms with E-state index in [9.17, 15) is 9.59 Å². The number of amides is 1. The van der Waals surface area contributed by atoms with Crippen molar-refractivity contribution < 1.29 is 19.4 Å². The molecule has 1 heterocycles. The normalized spacial score (nSPS) is 18.4. The molecule has 21 heavy (non-hydrogen) atoms. The molecule has 0 saturated carbocycles. The molecule has 1 aromatic rings. The third-order valence-corrected chi connectivity index (χ3v) is 3.40. The summed E-state index contributed by atoms with van der Waals surface area (Å²) in [5, 5.41) is 11.6. The van der Waals surface area contributed by atoms with Crippen LogP contribution >= 0.6 is 0 Å². The zero-order valence-corrected chi connectivity index (χ0v) is 12.0. The number of aliphatic carboxylic acids is 1. The topological polar surface area (TPSA) is 78.9 Å². The Labute approximate surface area is 123 Å². The summed E-state index contributed by atoms with van der Waals surface area (Å²) in [5.41, 5.74) is 0.960. The quantitative estimate of drug-likeness (QED) is 0.813. The largest absolute Gasteiger partial charge is 0.482 e. The maximum absolute atomic E-state index is 11.1. The molecular formula is C15H20N2O4. The van der Waals surface area contributed by atoms with E-state index in [4.69, 9.17) is 9.84 Å². The fraction of sp³-hybridized carbons (Fsp3) is 0.467. The van der Waals surface area contributed by atoms with Crippen LogP contribution in [0.5, 0.6) is 5.75 Å². The molecule has 1 aromatic carbocycles. The molecule has 6 nitrogen and oxygen atoms in total. The van der Waals surface area contributed by atoms with E-state index in [0.717, 1.165) is 25.1 Å². The van der Waals surface area contributed by atoms with Crippen molar-refractivity contribution in [2.24, 2.45) is 0 Å². The second-order valence-electron chi connectivity index (χ2n) is 5.21. The lowest BCUT2D eigenvalue weighted by atomic mass is 10.2. The van der Waals surface area contributed by atoms with Crippen LogP contribution in [-0.4, -0.2) is 47.6 Å². The summed E-state index contributed by atoms with van der Waals surface area (Å²) in [6.45, 7) is 3.57. The van der Waals surface area contributed by atoms with Gasteiger partial charge in [0.25, 0.3) is 0 Å². The van der Waals surface area contributed by atoms with Crippen LogP contribution in [0.2, 0.25) is 0 Å². The highest BCUT2D eigenvalue weighted by atomic mass is 16.5. The molecule has 0 bridgehead atoms. The van der Waals surface area contributed by atoms with Gasteiger partial charge >= 0.3 is 5.97 Å². The maximum atomic E-state index is 11.1. The van der Waals surface area contributed by atoms with Crippen LogP contribution in [0, 0.1) is 0 Å². The van der Waals surface area contributed by atoms with Gasteiger partial charge in [-0.1, -0.05) is 18.2 Å². The minimum absolute atomic E-state index is 0.00737. The monoisotopic (exact) mass is 292 g/mol. The van der Waals surface area contributed by atoms with Crippen LogP contribution in [0.1, 0.15) is 18.9 Å². The van der Waals surface area contributed by atoms with Crippen LogP contribution in [0.15, 0.2) is 24.3 Å². The van der Waals surface area contributed by atoms with Crippen LogP contribution in [-0.2, 0) is 16.1 Å². The molecule has 2 N–H and O–H groups in total. The fourth-order valence-electron chi connectivity index (χ4n) is 2.54. The molecule has 6 heteroatoms. The molecule has 1 atom stereocenters. The van der Waals surface area contributed by atoms with Crippen molar-refractivity contribution in [2.75, 3.05) is 19.7 Å². The molecule has 0 aromatic heterocycles. The predicted molar refractivity (Wildman–Crippen MR) is 77.1 cm³/mol. The summed E-state index contributed by atoms with van der Waals surface area (Å²) in [4.78, 5) is 23.9. The molecule has 1 aliphatic rings. The Morgan fingerprint density at radius 1 is 1.43 bits per heavy atom. The Kier molecular flexibility index (Phi) is 5.16. The van der Waals surface area contributed by atoms with Crippen LogP contribution in [0.3, 0.4) is 0 Å². The maximum Gasteiger partial charge on any atom is 0.341 e. The highest BCUT2D eigenvalue weighted by molar-refractivity contribution is 5.73. The van der Waals surface area contributed by atoms with Gasteiger partial charge < -0.3 is 15.2 Å². The van der Waals surface area contributed by atoms with Crippen LogP contribution in [0.4, 0.5) is 0 Å². The molecule has 0 aliphatic carbocycles. The van der Waals surface area contributed by atoms with Crippen LogP contribution in [0.25, 0.3) is 0 Å². The van der Waals surface area contributed by atoms with Gasteiger partial charge in [-0.05, 0) is 12.5 Å². The van der Waals surface area contributed by atoms with E-state index in [1.54, 1.807) is 6.07 Å². The number of carboxylic acid groups (broad SMARTS) is 1. The Morgan fingerprint density at radius 2 is 2.19 bits per heavy atom. The summed E-state index contributed by atoms with van der Waals surface area (Å²) >= 11 is 0. The standard InChI is InChI=1S/C15H20N2O4/c1-11(18)16-13-6-7-17(9-13)8-12-4-2-3-5-14(12)21-10-15(19)20/h2-5,13H,6-10H2,1H3,(H,16,18)(H,19,20)/t13-/m0/s1. The number of hydrogen-bond acceptors (Lipinski definition) is 4. The zero-order valence-electron chi connectivity index (χ0n) is 12.0. The van der Waals surface area contributed by atoms with Crippen LogP contribution < -0.4 is 10.1 Å². The van der Waals surface area contributed by atoms with Gasteiger partial charge in [0.2, 0.25) is 5.91 Å². The average Bonchev–Trinajstić information content (AvgIpc) is 2.84. The summed E-state index contributed by atoms with van der Waals surface area (Å²) in [5.74, 6) is -0.397. The number of rotatable bonds is 6. The number of carbonyl (C=O) groups excluding carboxylic acids is 1. The lowest BCUT2D eigenvalue weighted by molar-refractivity contribution is -0.139. The van der Waals surface area contributed by atoms with Crippen molar-refractivity contribution in [1.82, 2.24) is 10.2 Å². The van der Waals surface area contributed by atoms with Crippen molar-refractivity contribution >= 4 is 11.9 Å². The zero-order chi connectivity index (χ0) is 15.2. The fourth-order valence-corrected chi connectivity index (χ4v) is 2.54. The number of hydrogen-bond donors (Lipinski definition) is 2. The third kappa shape index (κ3) is 4.75. The molecule has 1 aliphatic heterocycles. The first-order chi connectivity index (χ1) is 10.0. The Hall–Kier alpha value is -2.08. The number of ether oxygens (including phenoxy) is 1. The molecule has 0 radical (unpaired) electrons. The molecule has 114 valence electrons. The summed E-state index contributed by atoms with van der Waals surface area (Å²) in [6.07, 6.45) is 0.928. The van der Waals surface area contributed by atoms with Gasteiger partial charge in [0.15, 0.2) is 6.61 Å². The summed E-state index contributed by atoms with van der Waals surface area (Å²) in [6, 6.07) is 7.63. The van der Waals surface area contributed by atoms with Gasteiger partial charge in [0.1, 0.15) is 5.75 Å². The number of nitrogens with zero attached hydrogens (tertiary/aromatic N) is 1. The predicted octanol–water partition coefficient (Wildman–Crippen LogP) is 0.860. The summed E-state index contributed by atoms with van der Waals surface area (Å²) < 4.78 is 5.30. The second kappa shape index (κ2) is 7.08. The van der Waals surface area contributed by atoms with Gasteiger partial charge in [0, 0.05) is 38.2 Å². The number of likely N-dealkylation sites (tertiary alicyclic amines) is 1. The molecule has 1 fully saturated rings. The van der Waals surface area contributed by atoms with Crippen molar-refractivity contribution in [3.8, 4) is 5.75 Å². The summed E-state index contributed by atoms with van der Waals surface area (Å²) in [7, 11) is 0. The van der Waals surface area contributed by atoms with E-state index in [1.165, 1.54) is 6.92 Å². The van der Waals surface area contributed by atoms with Gasteiger partial charge in [-0.3, -0.25) is 9.69 Å². The lowest BCUT2D eigenvalue weighted by Crippen LogP contribution is -2.35. The highest BCUT2D eigenvalue weighted by Crippen LogP contribution is 2.22. The van der Waals surface area contributed by atoms with E-state index in [0.29, 0.717) is 12.3 Å². The van der Waals surface area contributed by atoms with Crippen molar-refractivity contribution in [1.29, 1.82) is 0 Å². The van der Waals surface area contributed by atoms with Gasteiger partial charge in [-0.25, -0.2) is 4.79 Å². The molecule has 0 spiro atoms. The van der Waals surface area contributed by atoms with E-state index >= 15 is 0 Å². The highest BCUT2D eigenvalue weighted by Gasteiger charge is 2.23. The third-order valence-electron chi connectivity index (χ3n) is 3.40. The van der Waals surface area contributed by atoms with E-state index in [-0.39, 0.29) is 18.6 Å². The molecular weight excluding hydrogens is 272 g/mol. The average molecular weight is 292 g/mol. The first-order valence-electron chi connectivity index (χ1n) is 6.96. The van der Waals surface area contributed by atoms with Gasteiger partial charge in [0.05, 0.1) is 0 Å². The van der Waals surface area contributed by atoms with Crippen molar-refractivity contribution in [3.63, 3.8) is 0 Å². The second-order valence-corrected chi connectivity index (χ2v) is 5.21. The van der Waals surface area contributed by atoms with Crippen molar-refractivity contribution in [2.45, 2.75) is 25.9 Å². The SMILES string of the molecule is CC(=O)N[C@H]1CCN(Cc2ccccc2OCC(=O)O)C1. The lowest BCUT2D eigenvalue weighted by Gasteiger charge is -2.18. The smallest absolute Gasteiger partial charge is 0.341 e. The number of carboxylic acids is 1. The Morgan fingerprint density at radius 3 is 2.90 bits per heavy atom. The molecule has 1 saturated heterocycles. The number of nitrogens with one attached hydrogen (secondary N) is 1. The minimum atomic E-state index is -0.989. The first kappa shape index (κ1) is 15.3. The molecule has 1 amide bonds. The Bertz CT molecular complexity index is 518. The van der Waals surface area contributed by atoms with E-state index in [1.807, 2.05) is 18.2 Å². The number of benzene rings is 1. The van der Waals surface area contributed by atoms with E-state index in [2.05, 4.69) is 10.2 Å². The first-order valence-corrected chi connectivity index (χ1v) is 6.96. The minimum Gasteiger partial charge on any atom is -0.482 e. The Balaban J connectivity index is 1.94. The molecule has 0 unspecified atom stereocenters.